The van der Waals surface area contributed by atoms with Gasteiger partial charge in [-0.15, -0.1) is 6.58 Å². The molecule has 1 aliphatic heterocycles. The highest BCUT2D eigenvalue weighted by Crippen LogP contribution is 2.36. The van der Waals surface area contributed by atoms with Crippen LogP contribution in [-0.2, 0) is 16.1 Å². The van der Waals surface area contributed by atoms with Crippen molar-refractivity contribution >= 4 is 6.09 Å². The molecule has 1 aromatic carbocycles. The maximum atomic E-state index is 14.0. The van der Waals surface area contributed by atoms with Gasteiger partial charge in [-0.25, -0.2) is 9.18 Å². The zero-order valence-electron chi connectivity index (χ0n) is 13.5. The van der Waals surface area contributed by atoms with Gasteiger partial charge in [0.25, 0.3) is 0 Å². The zero-order valence-corrected chi connectivity index (χ0v) is 13.5. The molecule has 2 rings (SSSR count). The predicted octanol–water partition coefficient (Wildman–Crippen LogP) is 3.72. The van der Waals surface area contributed by atoms with Crippen molar-refractivity contribution in [3.8, 4) is 0 Å². The SMILES string of the molecule is C=CCCC1(COC)C[C@@H](F)CN1C(=O)OCc1ccccc1. The van der Waals surface area contributed by atoms with Gasteiger partial charge in [0, 0.05) is 13.5 Å². The van der Waals surface area contributed by atoms with Crippen molar-refractivity contribution in [2.45, 2.75) is 37.6 Å². The van der Waals surface area contributed by atoms with E-state index in [0.717, 1.165) is 5.56 Å². The van der Waals surface area contributed by atoms with Gasteiger partial charge in [0.15, 0.2) is 0 Å². The fraction of sp³-hybridized carbons (Fsp3) is 0.500. The van der Waals surface area contributed by atoms with E-state index in [9.17, 15) is 9.18 Å². The number of ether oxygens (including phenoxy) is 2. The molecular weight excluding hydrogens is 297 g/mol. The molecule has 0 radical (unpaired) electrons. The van der Waals surface area contributed by atoms with Crippen LogP contribution in [0.15, 0.2) is 43.0 Å². The fourth-order valence-electron chi connectivity index (χ4n) is 3.13. The topological polar surface area (TPSA) is 38.8 Å². The molecule has 0 aromatic heterocycles. The summed E-state index contributed by atoms with van der Waals surface area (Å²) in [6.07, 6.45) is 1.81. The number of alkyl halides is 1. The van der Waals surface area contributed by atoms with Gasteiger partial charge in [-0.2, -0.15) is 0 Å². The normalized spacial score (nSPS) is 23.7. The Hall–Kier alpha value is -1.88. The van der Waals surface area contributed by atoms with E-state index < -0.39 is 17.8 Å². The van der Waals surface area contributed by atoms with Gasteiger partial charge < -0.3 is 9.47 Å². The molecule has 1 fully saturated rings. The molecule has 23 heavy (non-hydrogen) atoms. The summed E-state index contributed by atoms with van der Waals surface area (Å²) in [5.41, 5.74) is 0.246. The highest BCUT2D eigenvalue weighted by Gasteiger charge is 2.48. The Balaban J connectivity index is 2.06. The van der Waals surface area contributed by atoms with Crippen LogP contribution in [0.25, 0.3) is 0 Å². The van der Waals surface area contributed by atoms with Crippen molar-refractivity contribution in [2.75, 3.05) is 20.3 Å². The van der Waals surface area contributed by atoms with Crippen LogP contribution in [0.2, 0.25) is 0 Å². The Morgan fingerprint density at radius 1 is 1.48 bits per heavy atom. The lowest BCUT2D eigenvalue weighted by atomic mass is 9.91. The predicted molar refractivity (Wildman–Crippen MR) is 86.9 cm³/mol. The molecule has 1 aromatic rings. The second kappa shape index (κ2) is 8.11. The van der Waals surface area contributed by atoms with Crippen LogP contribution in [0.4, 0.5) is 9.18 Å². The number of allylic oxidation sites excluding steroid dienone is 1. The van der Waals surface area contributed by atoms with Gasteiger partial charge in [0.05, 0.1) is 18.7 Å². The second-order valence-electron chi connectivity index (χ2n) is 5.94. The molecule has 1 saturated heterocycles. The summed E-state index contributed by atoms with van der Waals surface area (Å²) in [5.74, 6) is 0. The molecule has 1 heterocycles. The van der Waals surface area contributed by atoms with E-state index in [1.807, 2.05) is 30.3 Å². The fourth-order valence-corrected chi connectivity index (χ4v) is 3.13. The second-order valence-corrected chi connectivity index (χ2v) is 5.94. The first-order chi connectivity index (χ1) is 11.1. The van der Waals surface area contributed by atoms with E-state index in [-0.39, 0.29) is 19.6 Å². The van der Waals surface area contributed by atoms with E-state index in [1.54, 1.807) is 13.2 Å². The molecular formula is C18H24FNO3. The molecule has 2 atom stereocenters. The molecule has 0 saturated carbocycles. The van der Waals surface area contributed by atoms with E-state index in [2.05, 4.69) is 6.58 Å². The van der Waals surface area contributed by atoms with E-state index in [1.165, 1.54) is 4.90 Å². The Kier molecular flexibility index (Phi) is 6.16. The third kappa shape index (κ3) is 4.32. The first-order valence-electron chi connectivity index (χ1n) is 7.83. The minimum Gasteiger partial charge on any atom is -0.445 e. The Bertz CT molecular complexity index is 522. The number of hydrogen-bond acceptors (Lipinski definition) is 3. The molecule has 1 amide bonds. The van der Waals surface area contributed by atoms with Crippen molar-refractivity contribution in [3.63, 3.8) is 0 Å². The largest absolute Gasteiger partial charge is 0.445 e. The number of methoxy groups -OCH3 is 1. The average Bonchev–Trinajstić information content (AvgIpc) is 2.89. The maximum Gasteiger partial charge on any atom is 0.410 e. The number of likely N-dealkylation sites (tertiary alicyclic amines) is 1. The average molecular weight is 321 g/mol. The minimum absolute atomic E-state index is 0.0497. The van der Waals surface area contributed by atoms with Gasteiger partial charge in [-0.1, -0.05) is 36.4 Å². The smallest absolute Gasteiger partial charge is 0.410 e. The highest BCUT2D eigenvalue weighted by molar-refractivity contribution is 5.69. The summed E-state index contributed by atoms with van der Waals surface area (Å²) in [6.45, 7) is 4.23. The summed E-state index contributed by atoms with van der Waals surface area (Å²) >= 11 is 0. The molecule has 1 unspecified atom stereocenters. The van der Waals surface area contributed by atoms with E-state index in [0.29, 0.717) is 19.4 Å². The summed E-state index contributed by atoms with van der Waals surface area (Å²) in [6, 6.07) is 9.44. The molecule has 0 aliphatic carbocycles. The van der Waals surface area contributed by atoms with Crippen LogP contribution in [0.5, 0.6) is 0 Å². The molecule has 4 nitrogen and oxygen atoms in total. The summed E-state index contributed by atoms with van der Waals surface area (Å²) in [7, 11) is 1.56. The molecule has 0 bridgehead atoms. The first kappa shape index (κ1) is 17.5. The van der Waals surface area contributed by atoms with Crippen LogP contribution >= 0.6 is 0 Å². The van der Waals surface area contributed by atoms with Crippen LogP contribution in [0, 0.1) is 0 Å². The van der Waals surface area contributed by atoms with E-state index >= 15 is 0 Å². The van der Waals surface area contributed by atoms with Crippen molar-refractivity contribution in [2.24, 2.45) is 0 Å². The lowest BCUT2D eigenvalue weighted by Crippen LogP contribution is -2.50. The molecule has 1 aliphatic rings. The lowest BCUT2D eigenvalue weighted by Gasteiger charge is -2.36. The third-order valence-corrected chi connectivity index (χ3v) is 4.21. The van der Waals surface area contributed by atoms with Gasteiger partial charge in [0.2, 0.25) is 0 Å². The van der Waals surface area contributed by atoms with Crippen LogP contribution in [0.3, 0.4) is 0 Å². The summed E-state index contributed by atoms with van der Waals surface area (Å²) < 4.78 is 24.7. The summed E-state index contributed by atoms with van der Waals surface area (Å²) in [5, 5.41) is 0. The Labute approximate surface area is 136 Å². The number of nitrogens with zero attached hydrogens (tertiary/aromatic N) is 1. The van der Waals surface area contributed by atoms with Crippen LogP contribution in [-0.4, -0.2) is 43.0 Å². The van der Waals surface area contributed by atoms with Crippen molar-refractivity contribution in [1.29, 1.82) is 0 Å². The van der Waals surface area contributed by atoms with Gasteiger partial charge >= 0.3 is 6.09 Å². The quantitative estimate of drug-likeness (QED) is 0.719. The Morgan fingerprint density at radius 3 is 2.87 bits per heavy atom. The highest BCUT2D eigenvalue weighted by atomic mass is 19.1. The van der Waals surface area contributed by atoms with Crippen LogP contribution in [0.1, 0.15) is 24.8 Å². The Morgan fingerprint density at radius 2 is 2.22 bits per heavy atom. The summed E-state index contributed by atoms with van der Waals surface area (Å²) in [4.78, 5) is 14.0. The number of halogens is 1. The third-order valence-electron chi connectivity index (χ3n) is 4.21. The van der Waals surface area contributed by atoms with Gasteiger partial charge in [-0.05, 0) is 18.4 Å². The number of carbonyl (C=O) groups is 1. The molecule has 5 heteroatoms. The van der Waals surface area contributed by atoms with Crippen molar-refractivity contribution in [3.05, 3.63) is 48.6 Å². The number of rotatable bonds is 7. The monoisotopic (exact) mass is 321 g/mol. The standard InChI is InChI=1S/C18H24FNO3/c1-3-4-10-18(14-22-2)11-16(19)12-20(18)17(21)23-13-15-8-6-5-7-9-15/h3,5-9,16H,1,4,10-14H2,2H3/t16-,18?/m1/s1. The molecule has 0 N–H and O–H groups in total. The van der Waals surface area contributed by atoms with E-state index in [4.69, 9.17) is 9.47 Å². The van der Waals surface area contributed by atoms with Gasteiger partial charge in [0.1, 0.15) is 12.8 Å². The van der Waals surface area contributed by atoms with Gasteiger partial charge in [-0.3, -0.25) is 4.90 Å². The number of amides is 1. The first-order valence-corrected chi connectivity index (χ1v) is 7.83. The number of benzene rings is 1. The minimum atomic E-state index is -1.06. The van der Waals surface area contributed by atoms with Crippen molar-refractivity contribution < 1.29 is 18.7 Å². The molecule has 0 spiro atoms. The molecule has 126 valence electrons. The maximum absolute atomic E-state index is 14.0. The van der Waals surface area contributed by atoms with Crippen molar-refractivity contribution in [1.82, 2.24) is 4.90 Å². The van der Waals surface area contributed by atoms with Crippen LogP contribution < -0.4 is 0 Å². The number of hydrogen-bond donors (Lipinski definition) is 0. The lowest BCUT2D eigenvalue weighted by molar-refractivity contribution is 0.0192. The zero-order chi connectivity index (χ0) is 16.7. The number of carbonyl (C=O) groups excluding carboxylic acids is 1.